The number of azide groups is 1. The molecule has 1 aliphatic rings. The van der Waals surface area contributed by atoms with Crippen LogP contribution in [0.4, 0.5) is 10.2 Å². The van der Waals surface area contributed by atoms with E-state index in [4.69, 9.17) is 25.5 Å². The zero-order valence-electron chi connectivity index (χ0n) is 18.7. The molecule has 0 bridgehead atoms. The minimum atomic E-state index is -2.72. The fourth-order valence-electron chi connectivity index (χ4n) is 3.44. The summed E-state index contributed by atoms with van der Waals surface area (Å²) in [6.45, 7) is 1.95. The maximum atomic E-state index is 16.4. The summed E-state index contributed by atoms with van der Waals surface area (Å²) in [7, 11) is 0. The first-order valence-electron chi connectivity index (χ1n) is 10.8. The van der Waals surface area contributed by atoms with E-state index in [0.29, 0.717) is 23.8 Å². The number of nitrogens with zero attached hydrogens (tertiary/aromatic N) is 5. The molecule has 0 amide bonds. The lowest BCUT2D eigenvalue weighted by Crippen LogP contribution is -2.57. The van der Waals surface area contributed by atoms with Crippen LogP contribution >= 0.6 is 0 Å². The molecule has 1 aromatic heterocycles. The van der Waals surface area contributed by atoms with Crippen LogP contribution < -0.4 is 11.4 Å². The van der Waals surface area contributed by atoms with Crippen molar-refractivity contribution < 1.29 is 28.2 Å². The van der Waals surface area contributed by atoms with Crippen LogP contribution in [0.3, 0.4) is 0 Å². The third kappa shape index (κ3) is 6.20. The molecule has 1 aromatic rings. The van der Waals surface area contributed by atoms with Crippen molar-refractivity contribution in [2.45, 2.75) is 69.9 Å². The van der Waals surface area contributed by atoms with Crippen LogP contribution in [0.2, 0.25) is 0 Å². The Bertz CT molecular complexity index is 951. The van der Waals surface area contributed by atoms with E-state index in [0.717, 1.165) is 12.6 Å². The fourth-order valence-corrected chi connectivity index (χ4v) is 3.44. The normalized spacial score (nSPS) is 24.2. The lowest BCUT2D eigenvalue weighted by molar-refractivity contribution is -0.179. The number of hydrogen-bond acceptors (Lipinski definition) is 9. The third-order valence-electron chi connectivity index (χ3n) is 5.26. The summed E-state index contributed by atoms with van der Waals surface area (Å²) in [4.78, 5) is 43.2. The predicted octanol–water partition coefficient (Wildman–Crippen LogP) is 2.36. The van der Waals surface area contributed by atoms with Crippen LogP contribution in [0.15, 0.2) is 22.2 Å². The molecule has 182 valence electrons. The minimum absolute atomic E-state index is 0.00808. The Morgan fingerprint density at radius 2 is 2.03 bits per heavy atom. The van der Waals surface area contributed by atoms with Gasteiger partial charge in [-0.15, -0.1) is 0 Å². The number of ether oxygens (including phenoxy) is 3. The van der Waals surface area contributed by atoms with Crippen molar-refractivity contribution in [3.05, 3.63) is 33.2 Å². The molecular formula is C20H29FN6O6. The van der Waals surface area contributed by atoms with Gasteiger partial charge in [0.15, 0.2) is 6.10 Å². The second kappa shape index (κ2) is 11.6. The maximum Gasteiger partial charge on any atom is 0.352 e. The van der Waals surface area contributed by atoms with E-state index in [9.17, 15) is 14.4 Å². The Morgan fingerprint density at radius 1 is 1.36 bits per heavy atom. The predicted molar refractivity (Wildman–Crippen MR) is 115 cm³/mol. The van der Waals surface area contributed by atoms with E-state index in [1.54, 1.807) is 0 Å². The van der Waals surface area contributed by atoms with E-state index in [-0.39, 0.29) is 18.7 Å². The van der Waals surface area contributed by atoms with Gasteiger partial charge in [0.2, 0.25) is 0 Å². The van der Waals surface area contributed by atoms with Gasteiger partial charge in [-0.1, -0.05) is 31.8 Å². The van der Waals surface area contributed by atoms with Crippen molar-refractivity contribution in [1.29, 1.82) is 0 Å². The molecule has 1 fully saturated rings. The molecule has 0 aromatic carbocycles. The first-order valence-corrected chi connectivity index (χ1v) is 10.8. The molecular weight excluding hydrogens is 439 g/mol. The number of nitrogens with two attached hydrogens (primary N) is 1. The standard InChI is InChI=1S/C20H29FN6O6/c1-3-5-7-15(28)31-12-19(11-24-26-23)17(33-16(29)8-6-4-2)20(21,13-32-19)27-10-9-14(22)25-18(27)30/h9-10,17H,3-8,11-13H2,1-2H3,(H2,22,25,30)/t17-,19-,20+/m1/s1. The Labute approximate surface area is 189 Å². The molecule has 0 aliphatic carbocycles. The summed E-state index contributed by atoms with van der Waals surface area (Å²) in [5, 5.41) is 3.46. The summed E-state index contributed by atoms with van der Waals surface area (Å²) in [5.74, 6) is -4.16. The summed E-state index contributed by atoms with van der Waals surface area (Å²) in [6, 6.07) is 1.21. The number of carbonyl (C=O) groups excluding carboxylic acids is 2. The number of carbonyl (C=O) groups is 2. The first-order chi connectivity index (χ1) is 15.7. The van der Waals surface area contributed by atoms with Crippen LogP contribution in [-0.2, 0) is 29.6 Å². The van der Waals surface area contributed by atoms with E-state index in [1.165, 1.54) is 6.07 Å². The average Bonchev–Trinajstić information content (AvgIpc) is 3.06. The van der Waals surface area contributed by atoms with Gasteiger partial charge in [0.05, 0.1) is 6.54 Å². The van der Waals surface area contributed by atoms with Gasteiger partial charge in [0.1, 0.15) is 24.6 Å². The van der Waals surface area contributed by atoms with Crippen molar-refractivity contribution in [2.24, 2.45) is 5.11 Å². The van der Waals surface area contributed by atoms with Crippen molar-refractivity contribution >= 4 is 17.8 Å². The third-order valence-corrected chi connectivity index (χ3v) is 5.26. The number of halogens is 1. The molecule has 2 rings (SSSR count). The summed E-state index contributed by atoms with van der Waals surface area (Å²) in [6.07, 6.45) is 1.93. The van der Waals surface area contributed by atoms with Gasteiger partial charge >= 0.3 is 17.6 Å². The molecule has 0 radical (unpaired) electrons. The largest absolute Gasteiger partial charge is 0.462 e. The number of rotatable bonds is 12. The monoisotopic (exact) mass is 468 g/mol. The quantitative estimate of drug-likeness (QED) is 0.211. The number of anilines is 1. The maximum absolute atomic E-state index is 16.4. The molecule has 2 N–H and O–H groups in total. The summed E-state index contributed by atoms with van der Waals surface area (Å²) >= 11 is 0. The second-order valence-corrected chi connectivity index (χ2v) is 7.80. The van der Waals surface area contributed by atoms with Gasteiger partial charge in [0.25, 0.3) is 5.79 Å². The van der Waals surface area contributed by atoms with Crippen LogP contribution in [0.5, 0.6) is 0 Å². The minimum Gasteiger partial charge on any atom is -0.462 e. The van der Waals surface area contributed by atoms with Crippen molar-refractivity contribution in [3.8, 4) is 0 Å². The van der Waals surface area contributed by atoms with Gasteiger partial charge in [-0.2, -0.15) is 4.98 Å². The zero-order valence-corrected chi connectivity index (χ0v) is 18.7. The smallest absolute Gasteiger partial charge is 0.352 e. The molecule has 0 unspecified atom stereocenters. The highest BCUT2D eigenvalue weighted by Gasteiger charge is 2.64. The highest BCUT2D eigenvalue weighted by Crippen LogP contribution is 2.42. The molecule has 12 nitrogen and oxygen atoms in total. The number of esters is 2. The topological polar surface area (TPSA) is 171 Å². The van der Waals surface area contributed by atoms with Crippen LogP contribution in [0, 0.1) is 0 Å². The van der Waals surface area contributed by atoms with Crippen LogP contribution in [0.1, 0.15) is 52.4 Å². The average molecular weight is 468 g/mol. The van der Waals surface area contributed by atoms with Crippen LogP contribution in [0.25, 0.3) is 10.4 Å². The first kappa shape index (κ1) is 26.1. The summed E-state index contributed by atoms with van der Waals surface area (Å²) < 4.78 is 33.4. The molecule has 13 heteroatoms. The van der Waals surface area contributed by atoms with Gasteiger partial charge in [0, 0.05) is 24.0 Å². The number of hydrogen-bond donors (Lipinski definition) is 1. The molecule has 3 atom stereocenters. The molecule has 0 saturated carbocycles. The second-order valence-electron chi connectivity index (χ2n) is 7.80. The number of unbranched alkanes of at least 4 members (excludes halogenated alkanes) is 2. The molecule has 0 spiro atoms. The van der Waals surface area contributed by atoms with Gasteiger partial charge in [-0.25, -0.2) is 9.18 Å². The molecule has 2 heterocycles. The number of nitrogen functional groups attached to an aromatic ring is 1. The SMILES string of the molecule is CCCCC(=O)OC[C@@]1(CN=[N+]=[N-])OC[C@](F)(n2ccc(N)nc2=O)[C@@H]1OC(=O)CCCC. The Kier molecular flexibility index (Phi) is 9.18. The Morgan fingerprint density at radius 3 is 2.64 bits per heavy atom. The van der Waals surface area contributed by atoms with E-state index >= 15 is 4.39 Å². The van der Waals surface area contributed by atoms with E-state index in [1.807, 2.05) is 13.8 Å². The zero-order chi connectivity index (χ0) is 24.5. The number of aromatic nitrogens is 2. The lowest BCUT2D eigenvalue weighted by atomic mass is 9.93. The van der Waals surface area contributed by atoms with Crippen molar-refractivity contribution in [3.63, 3.8) is 0 Å². The Hall–Kier alpha value is -3.18. The molecule has 1 saturated heterocycles. The lowest BCUT2D eigenvalue weighted by Gasteiger charge is -2.35. The van der Waals surface area contributed by atoms with Crippen molar-refractivity contribution in [1.82, 2.24) is 9.55 Å². The highest BCUT2D eigenvalue weighted by molar-refractivity contribution is 5.70. The van der Waals surface area contributed by atoms with Gasteiger partial charge in [-0.3, -0.25) is 14.2 Å². The molecule has 1 aliphatic heterocycles. The van der Waals surface area contributed by atoms with E-state index < -0.39 is 54.9 Å². The fraction of sp³-hybridized carbons (Fsp3) is 0.700. The van der Waals surface area contributed by atoms with Gasteiger partial charge < -0.3 is 19.9 Å². The Balaban J connectivity index is 2.48. The number of alkyl halides is 1. The highest BCUT2D eigenvalue weighted by atomic mass is 19.1. The summed E-state index contributed by atoms with van der Waals surface area (Å²) in [5.41, 5.74) is 11.5. The van der Waals surface area contributed by atoms with E-state index in [2.05, 4.69) is 15.0 Å². The van der Waals surface area contributed by atoms with Crippen LogP contribution in [-0.4, -0.2) is 53.0 Å². The molecule has 33 heavy (non-hydrogen) atoms. The van der Waals surface area contributed by atoms with Gasteiger partial charge in [-0.05, 0) is 24.4 Å². The van der Waals surface area contributed by atoms with Crippen molar-refractivity contribution in [2.75, 3.05) is 25.5 Å².